The van der Waals surface area contributed by atoms with Crippen molar-refractivity contribution in [1.82, 2.24) is 0 Å². The fourth-order valence-electron chi connectivity index (χ4n) is 2.55. The first-order valence-corrected chi connectivity index (χ1v) is 9.67. The second kappa shape index (κ2) is 8.73. The molecule has 0 amide bonds. The minimum Gasteiger partial charge on any atom is -0.383 e. The third-order valence-electron chi connectivity index (χ3n) is 3.55. The lowest BCUT2D eigenvalue weighted by molar-refractivity contribution is 0.899. The summed E-state index contributed by atoms with van der Waals surface area (Å²) >= 11 is 25.8. The van der Waals surface area contributed by atoms with Crippen LogP contribution in [0, 0.1) is 0 Å². The molecule has 0 unspecified atom stereocenters. The van der Waals surface area contributed by atoms with Gasteiger partial charge in [-0.25, -0.2) is 0 Å². The molecule has 0 spiro atoms. The average molecular weight is 420 g/mol. The zero-order valence-electron chi connectivity index (χ0n) is 14.7. The molecule has 0 saturated carbocycles. The first-order valence-electron chi connectivity index (χ1n) is 8.16. The third-order valence-corrected chi connectivity index (χ3v) is 4.90. The van der Waals surface area contributed by atoms with Gasteiger partial charge in [-0.3, -0.25) is 0 Å². The van der Waals surface area contributed by atoms with Gasteiger partial charge in [0.25, 0.3) is 0 Å². The summed E-state index contributed by atoms with van der Waals surface area (Å²) in [6, 6.07) is 8.09. The van der Waals surface area contributed by atoms with Gasteiger partial charge in [-0.15, -0.1) is 0 Å². The lowest BCUT2D eigenvalue weighted by Crippen LogP contribution is -2.10. The summed E-state index contributed by atoms with van der Waals surface area (Å²) in [7, 11) is 0. The quantitative estimate of drug-likeness (QED) is 0.505. The highest BCUT2D eigenvalue weighted by Crippen LogP contribution is 2.36. The van der Waals surface area contributed by atoms with Crippen LogP contribution in [0.1, 0.15) is 38.8 Å². The predicted molar refractivity (Wildman–Crippen MR) is 113 cm³/mol. The fourth-order valence-corrected chi connectivity index (χ4v) is 3.80. The first kappa shape index (κ1) is 20.5. The average Bonchev–Trinajstić information content (AvgIpc) is 2.43. The Labute approximate surface area is 169 Å². The summed E-state index contributed by atoms with van der Waals surface area (Å²) in [6.07, 6.45) is 0.471. The molecule has 2 aromatic rings. The van der Waals surface area contributed by atoms with E-state index in [2.05, 4.69) is 38.3 Å². The Hall–Kier alpha value is -0.800. The number of nitrogens with one attached hydrogen (secondary N) is 2. The van der Waals surface area contributed by atoms with Crippen molar-refractivity contribution in [1.29, 1.82) is 0 Å². The summed E-state index contributed by atoms with van der Waals surface area (Å²) in [5.41, 5.74) is 3.40. The Bertz CT molecular complexity index is 648. The number of hydrogen-bond acceptors (Lipinski definition) is 2. The molecule has 2 aromatic carbocycles. The molecule has 2 N–H and O–H groups in total. The van der Waals surface area contributed by atoms with Gasteiger partial charge in [0.1, 0.15) is 0 Å². The zero-order chi connectivity index (χ0) is 18.7. The molecular formula is C19H22Cl4N2. The van der Waals surface area contributed by atoms with Crippen LogP contribution in [0.4, 0.5) is 11.4 Å². The van der Waals surface area contributed by atoms with Crippen molar-refractivity contribution in [2.75, 3.05) is 10.6 Å². The van der Waals surface area contributed by atoms with E-state index in [1.165, 1.54) is 0 Å². The molecule has 0 heterocycles. The molecule has 0 bridgehead atoms. The summed E-state index contributed by atoms with van der Waals surface area (Å²) in [4.78, 5) is 0. The van der Waals surface area contributed by atoms with E-state index in [-0.39, 0.29) is 0 Å². The lowest BCUT2D eigenvalue weighted by atomic mass is 10.0. The lowest BCUT2D eigenvalue weighted by Gasteiger charge is -2.16. The van der Waals surface area contributed by atoms with E-state index in [0.717, 1.165) is 22.5 Å². The van der Waals surface area contributed by atoms with Crippen LogP contribution in [0.5, 0.6) is 0 Å². The summed E-state index contributed by atoms with van der Waals surface area (Å²) in [5.74, 6) is 0. The molecule has 2 rings (SSSR count). The number of hydrogen-bond donors (Lipinski definition) is 2. The highest BCUT2D eigenvalue weighted by atomic mass is 35.5. The largest absolute Gasteiger partial charge is 0.383 e. The molecule has 136 valence electrons. The molecule has 6 heteroatoms. The van der Waals surface area contributed by atoms with E-state index in [1.54, 1.807) is 0 Å². The minimum absolute atomic E-state index is 0.294. The van der Waals surface area contributed by atoms with E-state index in [0.29, 0.717) is 38.6 Å². The molecule has 0 radical (unpaired) electrons. The van der Waals surface area contributed by atoms with Gasteiger partial charge < -0.3 is 10.6 Å². The molecule has 0 saturated heterocycles. The van der Waals surface area contributed by atoms with Crippen molar-refractivity contribution >= 4 is 57.8 Å². The third kappa shape index (κ3) is 5.59. The highest BCUT2D eigenvalue weighted by Gasteiger charge is 2.15. The first-order chi connectivity index (χ1) is 11.7. The number of halogens is 4. The SMILES string of the molecule is CC(C)Nc1cc(Cl)c(Cc2c(Cl)cc(NC(C)C)cc2Cl)c(Cl)c1. The number of benzene rings is 2. The molecule has 0 atom stereocenters. The molecular weight excluding hydrogens is 398 g/mol. The van der Waals surface area contributed by atoms with Gasteiger partial charge in [0.15, 0.2) is 0 Å². The Morgan fingerprint density at radius 2 is 0.920 bits per heavy atom. The van der Waals surface area contributed by atoms with E-state index >= 15 is 0 Å². The monoisotopic (exact) mass is 418 g/mol. The van der Waals surface area contributed by atoms with Gasteiger partial charge in [0.05, 0.1) is 0 Å². The van der Waals surface area contributed by atoms with Crippen molar-refractivity contribution < 1.29 is 0 Å². The molecule has 0 aliphatic rings. The van der Waals surface area contributed by atoms with Crippen molar-refractivity contribution in [2.24, 2.45) is 0 Å². The van der Waals surface area contributed by atoms with Crippen LogP contribution in [-0.2, 0) is 6.42 Å². The normalized spacial score (nSPS) is 11.3. The van der Waals surface area contributed by atoms with Crippen LogP contribution < -0.4 is 10.6 Å². The second-order valence-electron chi connectivity index (χ2n) is 6.61. The standard InChI is InChI=1S/C19H22Cl4N2/c1-10(2)24-12-5-16(20)14(17(21)6-12)9-15-18(22)7-13(8-19(15)23)25-11(3)4/h5-8,10-11,24-25H,9H2,1-4H3. The Morgan fingerprint density at radius 3 is 1.16 bits per heavy atom. The van der Waals surface area contributed by atoms with Crippen LogP contribution >= 0.6 is 46.4 Å². The second-order valence-corrected chi connectivity index (χ2v) is 8.24. The van der Waals surface area contributed by atoms with Crippen molar-refractivity contribution in [3.8, 4) is 0 Å². The van der Waals surface area contributed by atoms with Crippen molar-refractivity contribution in [3.63, 3.8) is 0 Å². The van der Waals surface area contributed by atoms with Gasteiger partial charge in [-0.05, 0) is 63.1 Å². The Balaban J connectivity index is 2.33. The maximum atomic E-state index is 6.45. The highest BCUT2D eigenvalue weighted by molar-refractivity contribution is 6.38. The zero-order valence-corrected chi connectivity index (χ0v) is 17.7. The summed E-state index contributed by atoms with van der Waals surface area (Å²) in [5, 5.41) is 8.95. The Kier molecular flexibility index (Phi) is 7.16. The van der Waals surface area contributed by atoms with Gasteiger partial charge in [0.2, 0.25) is 0 Å². The molecule has 2 nitrogen and oxygen atoms in total. The maximum absolute atomic E-state index is 6.45. The van der Waals surface area contributed by atoms with Crippen LogP contribution in [0.3, 0.4) is 0 Å². The van der Waals surface area contributed by atoms with Gasteiger partial charge in [-0.2, -0.15) is 0 Å². The van der Waals surface area contributed by atoms with Gasteiger partial charge >= 0.3 is 0 Å². The maximum Gasteiger partial charge on any atom is 0.0476 e. The van der Waals surface area contributed by atoms with Gasteiger partial charge in [-0.1, -0.05) is 46.4 Å². The minimum atomic E-state index is 0.294. The van der Waals surface area contributed by atoms with E-state index < -0.39 is 0 Å². The van der Waals surface area contributed by atoms with Crippen LogP contribution in [0.25, 0.3) is 0 Å². The number of anilines is 2. The smallest absolute Gasteiger partial charge is 0.0476 e. The predicted octanol–water partition coefficient (Wildman–Crippen LogP) is 7.53. The molecule has 25 heavy (non-hydrogen) atoms. The summed E-state index contributed by atoms with van der Waals surface area (Å²) in [6.45, 7) is 8.23. The van der Waals surface area contributed by atoms with Crippen molar-refractivity contribution in [3.05, 3.63) is 55.5 Å². The topological polar surface area (TPSA) is 24.1 Å². The number of rotatable bonds is 6. The molecule has 0 aliphatic heterocycles. The van der Waals surface area contributed by atoms with Crippen LogP contribution in [0.15, 0.2) is 24.3 Å². The van der Waals surface area contributed by atoms with E-state index in [4.69, 9.17) is 46.4 Å². The molecule has 0 aliphatic carbocycles. The van der Waals surface area contributed by atoms with Gasteiger partial charge in [0, 0.05) is 50.0 Å². The fraction of sp³-hybridized carbons (Fsp3) is 0.368. The molecule has 0 fully saturated rings. The van der Waals surface area contributed by atoms with Crippen LogP contribution in [0.2, 0.25) is 20.1 Å². The van der Waals surface area contributed by atoms with Crippen molar-refractivity contribution in [2.45, 2.75) is 46.2 Å². The Morgan fingerprint density at radius 1 is 0.640 bits per heavy atom. The summed E-state index contributed by atoms with van der Waals surface area (Å²) < 4.78 is 0. The van der Waals surface area contributed by atoms with E-state index in [1.807, 2.05) is 24.3 Å². The van der Waals surface area contributed by atoms with Crippen LogP contribution in [-0.4, -0.2) is 12.1 Å². The van der Waals surface area contributed by atoms with E-state index in [9.17, 15) is 0 Å². The molecule has 0 aromatic heterocycles.